The fourth-order valence-electron chi connectivity index (χ4n) is 1.61. The molecule has 5 N–H and O–H groups in total. The van der Waals surface area contributed by atoms with E-state index in [1.165, 1.54) is 0 Å². The summed E-state index contributed by atoms with van der Waals surface area (Å²) in [6.07, 6.45) is 2.55. The molecule has 1 saturated heterocycles. The zero-order valence-corrected chi connectivity index (χ0v) is 8.57. The van der Waals surface area contributed by atoms with Gasteiger partial charge in [0.15, 0.2) is 0 Å². The maximum atomic E-state index is 5.60. The molecule has 15 heavy (non-hydrogen) atoms. The monoisotopic (exact) mass is 208 g/mol. The van der Waals surface area contributed by atoms with Crippen molar-refractivity contribution in [3.8, 4) is 0 Å². The molecule has 5 heteroatoms. The predicted molar refractivity (Wildman–Crippen MR) is 60.5 cm³/mol. The van der Waals surface area contributed by atoms with Gasteiger partial charge in [-0.15, -0.1) is 0 Å². The van der Waals surface area contributed by atoms with Crippen molar-refractivity contribution >= 4 is 17.3 Å². The summed E-state index contributed by atoms with van der Waals surface area (Å²) < 4.78 is 5.48. The van der Waals surface area contributed by atoms with Crippen molar-refractivity contribution in [2.45, 2.75) is 18.9 Å². The largest absolute Gasteiger partial charge is 0.396 e. The Bertz CT molecular complexity index is 336. The van der Waals surface area contributed by atoms with Gasteiger partial charge in [0.25, 0.3) is 0 Å². The molecule has 5 nitrogen and oxygen atoms in total. The van der Waals surface area contributed by atoms with E-state index in [2.05, 4.69) is 10.3 Å². The second-order valence-corrected chi connectivity index (χ2v) is 3.69. The van der Waals surface area contributed by atoms with Gasteiger partial charge in [0.2, 0.25) is 0 Å². The van der Waals surface area contributed by atoms with E-state index in [0.717, 1.165) is 31.8 Å². The molecule has 1 aliphatic rings. The van der Waals surface area contributed by atoms with Crippen molar-refractivity contribution in [2.75, 3.05) is 29.9 Å². The lowest BCUT2D eigenvalue weighted by Gasteiger charge is -2.11. The van der Waals surface area contributed by atoms with E-state index in [9.17, 15) is 0 Å². The van der Waals surface area contributed by atoms with Crippen LogP contribution in [0.25, 0.3) is 0 Å². The second kappa shape index (κ2) is 4.35. The molecule has 0 amide bonds. The SMILES string of the molecule is Nc1ccc(NCC2CCCO2)nc1N. The average molecular weight is 208 g/mol. The minimum atomic E-state index is 0.297. The van der Waals surface area contributed by atoms with E-state index in [-0.39, 0.29) is 0 Å². The summed E-state index contributed by atoms with van der Waals surface area (Å²) in [7, 11) is 0. The van der Waals surface area contributed by atoms with Gasteiger partial charge in [-0.05, 0) is 25.0 Å². The fourth-order valence-corrected chi connectivity index (χ4v) is 1.61. The number of hydrogen-bond donors (Lipinski definition) is 3. The van der Waals surface area contributed by atoms with E-state index in [1.54, 1.807) is 6.07 Å². The van der Waals surface area contributed by atoms with E-state index in [0.29, 0.717) is 17.6 Å². The molecule has 1 aromatic heterocycles. The van der Waals surface area contributed by atoms with Crippen molar-refractivity contribution in [3.63, 3.8) is 0 Å². The Morgan fingerprint density at radius 3 is 3.00 bits per heavy atom. The number of nitrogens with zero attached hydrogens (tertiary/aromatic N) is 1. The first kappa shape index (κ1) is 10.0. The van der Waals surface area contributed by atoms with E-state index < -0.39 is 0 Å². The van der Waals surface area contributed by atoms with Crippen molar-refractivity contribution in [3.05, 3.63) is 12.1 Å². The van der Waals surface area contributed by atoms with Crippen molar-refractivity contribution in [1.82, 2.24) is 4.98 Å². The van der Waals surface area contributed by atoms with Gasteiger partial charge in [-0.1, -0.05) is 0 Å². The number of anilines is 3. The zero-order chi connectivity index (χ0) is 10.7. The smallest absolute Gasteiger partial charge is 0.149 e. The van der Waals surface area contributed by atoms with Gasteiger partial charge in [0.1, 0.15) is 11.6 Å². The van der Waals surface area contributed by atoms with Crippen LogP contribution in [0, 0.1) is 0 Å². The van der Waals surface area contributed by atoms with Crippen LogP contribution in [0.3, 0.4) is 0 Å². The highest BCUT2D eigenvalue weighted by Crippen LogP contribution is 2.16. The molecule has 1 fully saturated rings. The Kier molecular flexibility index (Phi) is 2.91. The molecule has 1 unspecified atom stereocenters. The number of aromatic nitrogens is 1. The summed E-state index contributed by atoms with van der Waals surface area (Å²) in [4.78, 5) is 4.12. The van der Waals surface area contributed by atoms with E-state index in [1.807, 2.05) is 6.07 Å². The van der Waals surface area contributed by atoms with Gasteiger partial charge >= 0.3 is 0 Å². The van der Waals surface area contributed by atoms with Crippen LogP contribution in [0.4, 0.5) is 17.3 Å². The summed E-state index contributed by atoms with van der Waals surface area (Å²) in [5.74, 6) is 1.12. The van der Waals surface area contributed by atoms with Crippen molar-refractivity contribution in [1.29, 1.82) is 0 Å². The number of rotatable bonds is 3. The Morgan fingerprint density at radius 2 is 2.33 bits per heavy atom. The van der Waals surface area contributed by atoms with Crippen molar-refractivity contribution < 1.29 is 4.74 Å². The molecule has 2 heterocycles. The highest BCUT2D eigenvalue weighted by atomic mass is 16.5. The Labute approximate surface area is 88.8 Å². The van der Waals surface area contributed by atoms with Crippen LogP contribution < -0.4 is 16.8 Å². The molecule has 0 aliphatic carbocycles. The Morgan fingerprint density at radius 1 is 1.47 bits per heavy atom. The summed E-state index contributed by atoms with van der Waals surface area (Å²) in [6, 6.07) is 3.57. The van der Waals surface area contributed by atoms with E-state index >= 15 is 0 Å². The lowest BCUT2D eigenvalue weighted by molar-refractivity contribution is 0.120. The fraction of sp³-hybridized carbons (Fsp3) is 0.500. The third kappa shape index (κ3) is 2.50. The molecule has 1 aromatic rings. The first-order chi connectivity index (χ1) is 7.25. The zero-order valence-electron chi connectivity index (χ0n) is 8.57. The van der Waals surface area contributed by atoms with E-state index in [4.69, 9.17) is 16.2 Å². The molecule has 0 spiro atoms. The predicted octanol–water partition coefficient (Wildman–Crippen LogP) is 0.837. The molecule has 2 rings (SSSR count). The summed E-state index contributed by atoms with van der Waals surface area (Å²) in [5, 5.41) is 3.18. The van der Waals surface area contributed by atoms with Gasteiger partial charge in [-0.2, -0.15) is 0 Å². The lowest BCUT2D eigenvalue weighted by Crippen LogP contribution is -2.19. The topological polar surface area (TPSA) is 86.2 Å². The van der Waals surface area contributed by atoms with Gasteiger partial charge in [0.05, 0.1) is 11.8 Å². The minimum Gasteiger partial charge on any atom is -0.396 e. The van der Waals surface area contributed by atoms with Gasteiger partial charge in [-0.25, -0.2) is 4.98 Å². The van der Waals surface area contributed by atoms with Gasteiger partial charge in [-0.3, -0.25) is 0 Å². The highest BCUT2D eigenvalue weighted by Gasteiger charge is 2.14. The summed E-state index contributed by atoms with van der Waals surface area (Å²) >= 11 is 0. The maximum absolute atomic E-state index is 5.60. The minimum absolute atomic E-state index is 0.297. The molecular formula is C10H16N4O. The molecule has 1 aliphatic heterocycles. The molecule has 0 bridgehead atoms. The van der Waals surface area contributed by atoms with Gasteiger partial charge < -0.3 is 21.5 Å². The van der Waals surface area contributed by atoms with Crippen LogP contribution in [-0.4, -0.2) is 24.2 Å². The molecule has 82 valence electrons. The molecule has 1 atom stereocenters. The number of nitrogens with two attached hydrogens (primary N) is 2. The van der Waals surface area contributed by atoms with Crippen LogP contribution in [0.1, 0.15) is 12.8 Å². The molecular weight excluding hydrogens is 192 g/mol. The molecule has 0 saturated carbocycles. The number of pyridine rings is 1. The van der Waals surface area contributed by atoms with Gasteiger partial charge in [0, 0.05) is 13.2 Å². The molecule has 0 aromatic carbocycles. The van der Waals surface area contributed by atoms with Crippen LogP contribution in [-0.2, 0) is 4.74 Å². The standard InChI is InChI=1S/C10H16N4O/c11-8-3-4-9(14-10(8)12)13-6-7-2-1-5-15-7/h3-4,7H,1-2,5-6,11H2,(H3,12,13,14). The number of nitrogens with one attached hydrogen (secondary N) is 1. The Hall–Kier alpha value is -1.49. The van der Waals surface area contributed by atoms with Crippen LogP contribution >= 0.6 is 0 Å². The summed E-state index contributed by atoms with van der Waals surface area (Å²) in [6.45, 7) is 1.64. The number of nitrogen functional groups attached to an aromatic ring is 2. The average Bonchev–Trinajstić information content (AvgIpc) is 2.73. The lowest BCUT2D eigenvalue weighted by atomic mass is 10.2. The third-order valence-corrected chi connectivity index (χ3v) is 2.49. The third-order valence-electron chi connectivity index (χ3n) is 2.49. The first-order valence-electron chi connectivity index (χ1n) is 5.13. The van der Waals surface area contributed by atoms with Crippen molar-refractivity contribution in [2.24, 2.45) is 0 Å². The maximum Gasteiger partial charge on any atom is 0.149 e. The first-order valence-corrected chi connectivity index (χ1v) is 5.13. The Balaban J connectivity index is 1.90. The highest BCUT2D eigenvalue weighted by molar-refractivity contribution is 5.61. The number of hydrogen-bond acceptors (Lipinski definition) is 5. The quantitative estimate of drug-likeness (QED) is 0.685. The number of ether oxygens (including phenoxy) is 1. The van der Waals surface area contributed by atoms with Crippen LogP contribution in [0.15, 0.2) is 12.1 Å². The molecule has 0 radical (unpaired) electrons. The van der Waals surface area contributed by atoms with Crippen LogP contribution in [0.2, 0.25) is 0 Å². The second-order valence-electron chi connectivity index (χ2n) is 3.69. The van der Waals surface area contributed by atoms with Crippen LogP contribution in [0.5, 0.6) is 0 Å². The summed E-state index contributed by atoms with van der Waals surface area (Å²) in [5.41, 5.74) is 11.7. The normalized spacial score (nSPS) is 20.4.